The number of furan rings is 1. The largest absolute Gasteiger partial charge is 0.454 e. The van der Waals surface area contributed by atoms with Crippen LogP contribution < -0.4 is 11.5 Å². The van der Waals surface area contributed by atoms with Gasteiger partial charge in [0.2, 0.25) is 0 Å². The number of nitrogen functional groups attached to an aromatic ring is 2. The minimum absolute atomic E-state index is 0.0664. The normalized spacial score (nSPS) is 10.8. The molecule has 0 unspecified atom stereocenters. The maximum absolute atomic E-state index is 7.51. The van der Waals surface area contributed by atoms with Crippen LogP contribution in [-0.2, 0) is 0 Å². The summed E-state index contributed by atoms with van der Waals surface area (Å²) in [4.78, 5) is 3.83. The van der Waals surface area contributed by atoms with Crippen LogP contribution in [0.4, 0.5) is 0 Å². The molecule has 3 heterocycles. The van der Waals surface area contributed by atoms with E-state index in [1.165, 1.54) is 11.3 Å². The zero-order valence-electron chi connectivity index (χ0n) is 14.2. The van der Waals surface area contributed by atoms with E-state index in [0.717, 1.165) is 36.6 Å². The van der Waals surface area contributed by atoms with E-state index in [0.29, 0.717) is 5.56 Å². The number of rotatable bonds is 5. The highest BCUT2D eigenvalue weighted by molar-refractivity contribution is 7.18. The van der Waals surface area contributed by atoms with E-state index in [1.807, 2.05) is 54.6 Å². The lowest BCUT2D eigenvalue weighted by atomic mass is 10.1. The molecular weight excluding hydrogens is 376 g/mol. The molecule has 7 heteroatoms. The fraction of sp³-hybridized carbons (Fsp3) is 0. The van der Waals surface area contributed by atoms with Gasteiger partial charge in [0.1, 0.15) is 23.2 Å². The maximum atomic E-state index is 7.51. The van der Waals surface area contributed by atoms with Crippen molar-refractivity contribution in [2.45, 2.75) is 0 Å². The van der Waals surface area contributed by atoms with Crippen molar-refractivity contribution in [3.8, 4) is 31.7 Å². The Hall–Kier alpha value is -3.16. The van der Waals surface area contributed by atoms with Gasteiger partial charge in [-0.25, -0.2) is 0 Å². The minimum atomic E-state index is 0.0664. The van der Waals surface area contributed by atoms with E-state index >= 15 is 0 Å². The van der Waals surface area contributed by atoms with E-state index < -0.39 is 0 Å². The van der Waals surface area contributed by atoms with Gasteiger partial charge in [0.05, 0.1) is 14.6 Å². The summed E-state index contributed by atoms with van der Waals surface area (Å²) in [6.45, 7) is 0. The quantitative estimate of drug-likeness (QED) is 0.284. The molecule has 5 nitrogen and oxygen atoms in total. The number of benzene rings is 1. The molecule has 0 fully saturated rings. The number of hydrogen-bond acceptors (Lipinski definition) is 5. The number of thiophene rings is 2. The first-order chi connectivity index (χ1) is 13.0. The highest BCUT2D eigenvalue weighted by Crippen LogP contribution is 2.38. The Morgan fingerprint density at radius 2 is 1.26 bits per heavy atom. The molecule has 134 valence electrons. The molecule has 6 N–H and O–H groups in total. The van der Waals surface area contributed by atoms with Crippen LogP contribution in [0.15, 0.2) is 65.1 Å². The van der Waals surface area contributed by atoms with Gasteiger partial charge in [0.15, 0.2) is 0 Å². The van der Waals surface area contributed by atoms with Gasteiger partial charge in [-0.15, -0.1) is 22.7 Å². The third-order valence-electron chi connectivity index (χ3n) is 4.05. The van der Waals surface area contributed by atoms with Gasteiger partial charge in [-0.2, -0.15) is 0 Å². The summed E-state index contributed by atoms with van der Waals surface area (Å²) >= 11 is 3.08. The number of hydrogen-bond donors (Lipinski definition) is 4. The van der Waals surface area contributed by atoms with Crippen molar-refractivity contribution in [2.75, 3.05) is 0 Å². The fourth-order valence-electron chi connectivity index (χ4n) is 2.66. The van der Waals surface area contributed by atoms with Gasteiger partial charge in [-0.3, -0.25) is 10.8 Å². The van der Waals surface area contributed by atoms with Crippen LogP contribution in [0.3, 0.4) is 0 Å². The molecule has 0 spiro atoms. The summed E-state index contributed by atoms with van der Waals surface area (Å²) in [5, 5.41) is 15.0. The first-order valence-corrected chi connectivity index (χ1v) is 9.74. The van der Waals surface area contributed by atoms with E-state index in [4.69, 9.17) is 26.7 Å². The summed E-state index contributed by atoms with van der Waals surface area (Å²) in [6, 6.07) is 19.4. The van der Waals surface area contributed by atoms with E-state index in [2.05, 4.69) is 6.07 Å². The smallest absolute Gasteiger partial charge is 0.144 e. The Labute approximate surface area is 163 Å². The predicted molar refractivity (Wildman–Crippen MR) is 113 cm³/mol. The Kier molecular flexibility index (Phi) is 4.39. The van der Waals surface area contributed by atoms with Crippen LogP contribution in [0.2, 0.25) is 0 Å². The summed E-state index contributed by atoms with van der Waals surface area (Å²) in [5.74, 6) is 1.71. The number of nitrogens with one attached hydrogen (secondary N) is 2. The summed E-state index contributed by atoms with van der Waals surface area (Å²) in [6.07, 6.45) is 0. The van der Waals surface area contributed by atoms with Gasteiger partial charge >= 0.3 is 0 Å². The first kappa shape index (κ1) is 17.3. The standard InChI is InChI=1S/C20H16N4OS2/c21-19(22)12-3-1-11(2-4-12)15-7-8-16(26-15)13-5-6-14(25-13)17-9-10-18(27-17)20(23)24/h1-10H,(H3,21,22)(H3,23,24). The van der Waals surface area contributed by atoms with Gasteiger partial charge in [0, 0.05) is 10.4 Å². The zero-order valence-corrected chi connectivity index (χ0v) is 15.8. The molecule has 0 aliphatic rings. The van der Waals surface area contributed by atoms with E-state index in [-0.39, 0.29) is 11.7 Å². The molecule has 0 radical (unpaired) electrons. The molecule has 3 aromatic heterocycles. The SMILES string of the molecule is N=C(N)c1ccc(-c2ccc(-c3ccc(-c4ccc(C(=N)N)s4)o3)s2)cc1. The third kappa shape index (κ3) is 3.42. The van der Waals surface area contributed by atoms with Crippen molar-refractivity contribution in [2.24, 2.45) is 11.5 Å². The summed E-state index contributed by atoms with van der Waals surface area (Å²) < 4.78 is 6.01. The number of nitrogens with two attached hydrogens (primary N) is 2. The molecule has 4 aromatic rings. The van der Waals surface area contributed by atoms with E-state index in [1.54, 1.807) is 11.3 Å². The van der Waals surface area contributed by atoms with Crippen molar-refractivity contribution in [3.63, 3.8) is 0 Å². The summed E-state index contributed by atoms with van der Waals surface area (Å²) in [7, 11) is 0. The topological polar surface area (TPSA) is 113 Å². The second-order valence-corrected chi connectivity index (χ2v) is 8.06. The lowest BCUT2D eigenvalue weighted by Crippen LogP contribution is -2.10. The van der Waals surface area contributed by atoms with Crippen LogP contribution in [0.1, 0.15) is 10.4 Å². The predicted octanol–water partition coefficient (Wildman–Crippen LogP) is 4.97. The second-order valence-electron chi connectivity index (χ2n) is 5.90. The zero-order chi connectivity index (χ0) is 19.0. The molecule has 1 aromatic carbocycles. The monoisotopic (exact) mass is 392 g/mol. The van der Waals surface area contributed by atoms with Crippen LogP contribution >= 0.6 is 22.7 Å². The Balaban J connectivity index is 1.59. The molecule has 0 amide bonds. The first-order valence-electron chi connectivity index (χ1n) is 8.11. The van der Waals surface area contributed by atoms with Crippen LogP contribution in [0.5, 0.6) is 0 Å². The highest BCUT2D eigenvalue weighted by Gasteiger charge is 2.12. The maximum Gasteiger partial charge on any atom is 0.144 e. The molecule has 4 rings (SSSR count). The van der Waals surface area contributed by atoms with Crippen molar-refractivity contribution in [1.82, 2.24) is 0 Å². The molecule has 0 bridgehead atoms. The summed E-state index contributed by atoms with van der Waals surface area (Å²) in [5.41, 5.74) is 12.8. The molecule has 0 aliphatic heterocycles. The minimum Gasteiger partial charge on any atom is -0.454 e. The second kappa shape index (κ2) is 6.86. The molecule has 0 saturated heterocycles. The van der Waals surface area contributed by atoms with Crippen molar-refractivity contribution >= 4 is 34.3 Å². The lowest BCUT2D eigenvalue weighted by Gasteiger charge is -2.00. The highest BCUT2D eigenvalue weighted by atomic mass is 32.1. The van der Waals surface area contributed by atoms with Crippen LogP contribution in [0, 0.1) is 10.8 Å². The average molecular weight is 393 g/mol. The van der Waals surface area contributed by atoms with Crippen LogP contribution in [-0.4, -0.2) is 11.7 Å². The Morgan fingerprint density at radius 1 is 0.667 bits per heavy atom. The molecular formula is C20H16N4OS2. The van der Waals surface area contributed by atoms with Gasteiger partial charge in [-0.05, 0) is 42.0 Å². The van der Waals surface area contributed by atoms with Gasteiger partial charge in [0.25, 0.3) is 0 Å². The van der Waals surface area contributed by atoms with Crippen molar-refractivity contribution in [1.29, 1.82) is 10.8 Å². The van der Waals surface area contributed by atoms with Crippen molar-refractivity contribution in [3.05, 3.63) is 71.1 Å². The fourth-order valence-corrected chi connectivity index (χ4v) is 4.46. The van der Waals surface area contributed by atoms with Crippen LogP contribution in [0.25, 0.3) is 31.7 Å². The van der Waals surface area contributed by atoms with Gasteiger partial charge < -0.3 is 15.9 Å². The van der Waals surface area contributed by atoms with Gasteiger partial charge in [-0.1, -0.05) is 24.3 Å². The molecule has 0 atom stereocenters. The third-order valence-corrected chi connectivity index (χ3v) is 6.33. The van der Waals surface area contributed by atoms with E-state index in [9.17, 15) is 0 Å². The number of amidine groups is 2. The molecule has 0 saturated carbocycles. The Bertz CT molecular complexity index is 1130. The molecule has 27 heavy (non-hydrogen) atoms. The lowest BCUT2D eigenvalue weighted by molar-refractivity contribution is 0.600. The average Bonchev–Trinajstić information content (AvgIpc) is 3.40. The molecule has 0 aliphatic carbocycles. The Morgan fingerprint density at radius 3 is 1.85 bits per heavy atom. The van der Waals surface area contributed by atoms with Crippen molar-refractivity contribution < 1.29 is 4.42 Å².